The summed E-state index contributed by atoms with van der Waals surface area (Å²) in [4.78, 5) is 10.9. The van der Waals surface area contributed by atoms with Crippen LogP contribution in [-0.4, -0.2) is 49.4 Å². The summed E-state index contributed by atoms with van der Waals surface area (Å²) in [6.07, 6.45) is 4.66. The number of phenolic OH excluding ortho intramolecular Hbond substituents is 1. The van der Waals surface area contributed by atoms with Crippen LogP contribution < -0.4 is 9.62 Å². The van der Waals surface area contributed by atoms with Gasteiger partial charge in [-0.15, -0.1) is 0 Å². The standard InChI is InChI=1S/C16H22N4O3S/c1-11-6-13-14(7-15(11)21)17-10-18-16(13)20-5-3-4-12(9-20)8-19-24(2,22)23/h6-7,10,12,19,21H,3-5,8-9H2,1-2H3. The predicted molar refractivity (Wildman–Crippen MR) is 93.7 cm³/mol. The van der Waals surface area contributed by atoms with Crippen LogP contribution >= 0.6 is 0 Å². The molecule has 1 aliphatic heterocycles. The lowest BCUT2D eigenvalue weighted by Gasteiger charge is -2.34. The molecule has 130 valence electrons. The molecule has 2 aromatic rings. The fourth-order valence-electron chi connectivity index (χ4n) is 3.13. The van der Waals surface area contributed by atoms with E-state index in [0.29, 0.717) is 12.1 Å². The Balaban J connectivity index is 1.86. The molecule has 3 rings (SSSR count). The zero-order valence-electron chi connectivity index (χ0n) is 13.9. The normalized spacial score (nSPS) is 18.9. The first kappa shape index (κ1) is 16.9. The van der Waals surface area contributed by atoms with Crippen molar-refractivity contribution in [2.75, 3.05) is 30.8 Å². The van der Waals surface area contributed by atoms with Crippen molar-refractivity contribution in [2.45, 2.75) is 19.8 Å². The second-order valence-electron chi connectivity index (χ2n) is 6.43. The molecule has 8 heteroatoms. The number of aryl methyl sites for hydroxylation is 1. The van der Waals surface area contributed by atoms with Crippen molar-refractivity contribution in [3.8, 4) is 5.75 Å². The number of nitrogens with zero attached hydrogens (tertiary/aromatic N) is 3. The van der Waals surface area contributed by atoms with E-state index in [1.165, 1.54) is 12.6 Å². The fourth-order valence-corrected chi connectivity index (χ4v) is 3.67. The summed E-state index contributed by atoms with van der Waals surface area (Å²) in [7, 11) is -3.17. The highest BCUT2D eigenvalue weighted by atomic mass is 32.2. The van der Waals surface area contributed by atoms with Gasteiger partial charge in [0.25, 0.3) is 0 Å². The number of aromatic hydroxyl groups is 1. The summed E-state index contributed by atoms with van der Waals surface area (Å²) >= 11 is 0. The molecule has 1 fully saturated rings. The quantitative estimate of drug-likeness (QED) is 0.866. The van der Waals surface area contributed by atoms with E-state index in [9.17, 15) is 13.5 Å². The molecular formula is C16H22N4O3S. The Morgan fingerprint density at radius 3 is 2.92 bits per heavy atom. The van der Waals surface area contributed by atoms with E-state index in [1.54, 1.807) is 6.07 Å². The van der Waals surface area contributed by atoms with Crippen molar-refractivity contribution in [3.63, 3.8) is 0 Å². The van der Waals surface area contributed by atoms with Gasteiger partial charge in [-0.1, -0.05) is 0 Å². The highest BCUT2D eigenvalue weighted by Gasteiger charge is 2.23. The van der Waals surface area contributed by atoms with Crippen molar-refractivity contribution in [1.29, 1.82) is 0 Å². The number of nitrogens with one attached hydrogen (secondary N) is 1. The van der Waals surface area contributed by atoms with E-state index >= 15 is 0 Å². The Kier molecular flexibility index (Phi) is 4.60. The van der Waals surface area contributed by atoms with E-state index < -0.39 is 10.0 Å². The number of anilines is 1. The van der Waals surface area contributed by atoms with E-state index in [-0.39, 0.29) is 11.7 Å². The molecule has 2 heterocycles. The van der Waals surface area contributed by atoms with Gasteiger partial charge in [0, 0.05) is 31.1 Å². The van der Waals surface area contributed by atoms with Crippen LogP contribution in [0.1, 0.15) is 18.4 Å². The summed E-state index contributed by atoms with van der Waals surface area (Å²) in [6.45, 7) is 3.91. The molecule has 0 radical (unpaired) electrons. The van der Waals surface area contributed by atoms with E-state index in [1.807, 2.05) is 13.0 Å². The van der Waals surface area contributed by atoms with Crippen LogP contribution in [0.25, 0.3) is 10.9 Å². The van der Waals surface area contributed by atoms with Crippen molar-refractivity contribution < 1.29 is 13.5 Å². The van der Waals surface area contributed by atoms with Crippen LogP contribution in [-0.2, 0) is 10.0 Å². The van der Waals surface area contributed by atoms with Crippen molar-refractivity contribution in [1.82, 2.24) is 14.7 Å². The number of rotatable bonds is 4. The lowest BCUT2D eigenvalue weighted by Crippen LogP contribution is -2.41. The maximum Gasteiger partial charge on any atom is 0.208 e. The Morgan fingerprint density at radius 2 is 2.17 bits per heavy atom. The summed E-state index contributed by atoms with van der Waals surface area (Å²) < 4.78 is 25.2. The second kappa shape index (κ2) is 6.52. The molecule has 0 aliphatic carbocycles. The number of hydrogen-bond acceptors (Lipinski definition) is 6. The first-order valence-corrected chi connectivity index (χ1v) is 9.86. The molecule has 7 nitrogen and oxygen atoms in total. The largest absolute Gasteiger partial charge is 0.508 e. The van der Waals surface area contributed by atoms with Crippen molar-refractivity contribution in [2.24, 2.45) is 5.92 Å². The van der Waals surface area contributed by atoms with Crippen LogP contribution in [0.15, 0.2) is 18.5 Å². The maximum absolute atomic E-state index is 11.3. The summed E-state index contributed by atoms with van der Waals surface area (Å²) in [5.74, 6) is 1.31. The lowest BCUT2D eigenvalue weighted by molar-refractivity contribution is 0.410. The molecule has 0 spiro atoms. The minimum Gasteiger partial charge on any atom is -0.508 e. The van der Waals surface area contributed by atoms with Gasteiger partial charge >= 0.3 is 0 Å². The van der Waals surface area contributed by atoms with Gasteiger partial charge in [0.15, 0.2) is 0 Å². The van der Waals surface area contributed by atoms with Gasteiger partial charge < -0.3 is 10.0 Å². The highest BCUT2D eigenvalue weighted by Crippen LogP contribution is 2.31. The molecule has 1 saturated heterocycles. The summed E-state index contributed by atoms with van der Waals surface area (Å²) in [5, 5.41) is 10.8. The molecule has 2 N–H and O–H groups in total. The van der Waals surface area contributed by atoms with Crippen molar-refractivity contribution >= 4 is 26.7 Å². The Hall–Kier alpha value is -1.93. The third-order valence-electron chi connectivity index (χ3n) is 4.38. The topological polar surface area (TPSA) is 95.4 Å². The van der Waals surface area contributed by atoms with Crippen LogP contribution in [0.5, 0.6) is 5.75 Å². The Morgan fingerprint density at radius 1 is 1.38 bits per heavy atom. The van der Waals surface area contributed by atoms with Crippen LogP contribution in [0.3, 0.4) is 0 Å². The summed E-state index contributed by atoms with van der Waals surface area (Å²) in [6, 6.07) is 3.56. The summed E-state index contributed by atoms with van der Waals surface area (Å²) in [5.41, 5.74) is 1.49. The third kappa shape index (κ3) is 3.76. The number of hydrogen-bond donors (Lipinski definition) is 2. The number of piperidine rings is 1. The van der Waals surface area contributed by atoms with E-state index in [0.717, 1.165) is 42.7 Å². The predicted octanol–water partition coefficient (Wildman–Crippen LogP) is 1.41. The smallest absolute Gasteiger partial charge is 0.208 e. The van der Waals surface area contributed by atoms with Gasteiger partial charge in [-0.05, 0) is 37.3 Å². The Bertz CT molecular complexity index is 854. The zero-order chi connectivity index (χ0) is 17.3. The average molecular weight is 350 g/mol. The molecular weight excluding hydrogens is 328 g/mol. The monoisotopic (exact) mass is 350 g/mol. The van der Waals surface area contributed by atoms with Crippen LogP contribution in [0, 0.1) is 12.8 Å². The van der Waals surface area contributed by atoms with Gasteiger partial charge in [0.2, 0.25) is 10.0 Å². The van der Waals surface area contributed by atoms with Gasteiger partial charge in [-0.3, -0.25) is 0 Å². The first-order chi connectivity index (χ1) is 11.3. The van der Waals surface area contributed by atoms with Crippen LogP contribution in [0.4, 0.5) is 5.82 Å². The van der Waals surface area contributed by atoms with Gasteiger partial charge in [-0.2, -0.15) is 0 Å². The minimum atomic E-state index is -3.17. The van der Waals surface area contributed by atoms with Gasteiger partial charge in [-0.25, -0.2) is 23.1 Å². The zero-order valence-corrected chi connectivity index (χ0v) is 14.7. The maximum atomic E-state index is 11.3. The molecule has 0 bridgehead atoms. The van der Waals surface area contributed by atoms with E-state index in [2.05, 4.69) is 19.6 Å². The number of phenols is 1. The van der Waals surface area contributed by atoms with Gasteiger partial charge in [0.05, 0.1) is 11.8 Å². The number of aromatic nitrogens is 2. The number of benzene rings is 1. The fraction of sp³-hybridized carbons (Fsp3) is 0.500. The minimum absolute atomic E-state index is 0.223. The lowest BCUT2D eigenvalue weighted by atomic mass is 9.98. The molecule has 1 aliphatic rings. The number of fused-ring (bicyclic) bond motifs is 1. The van der Waals surface area contributed by atoms with Gasteiger partial charge in [0.1, 0.15) is 17.9 Å². The number of sulfonamides is 1. The molecule has 24 heavy (non-hydrogen) atoms. The Labute approximate surface area is 141 Å². The second-order valence-corrected chi connectivity index (χ2v) is 8.26. The molecule has 0 amide bonds. The average Bonchev–Trinajstić information content (AvgIpc) is 2.53. The molecule has 1 aromatic heterocycles. The molecule has 1 atom stereocenters. The highest BCUT2D eigenvalue weighted by molar-refractivity contribution is 7.88. The van der Waals surface area contributed by atoms with Crippen LogP contribution in [0.2, 0.25) is 0 Å². The van der Waals surface area contributed by atoms with E-state index in [4.69, 9.17) is 0 Å². The molecule has 1 unspecified atom stereocenters. The van der Waals surface area contributed by atoms with Crippen molar-refractivity contribution in [3.05, 3.63) is 24.0 Å². The molecule has 0 saturated carbocycles. The third-order valence-corrected chi connectivity index (χ3v) is 5.08. The first-order valence-electron chi connectivity index (χ1n) is 7.97. The SMILES string of the molecule is Cc1cc2c(N3CCCC(CNS(C)(=O)=O)C3)ncnc2cc1O. The molecule has 1 aromatic carbocycles.